The van der Waals surface area contributed by atoms with E-state index in [-0.39, 0.29) is 35.6 Å². The Hall–Kier alpha value is -1.09. The number of nitrogens with one attached hydrogen (secondary N) is 2. The van der Waals surface area contributed by atoms with Crippen LogP contribution in [0.5, 0.6) is 0 Å². The fraction of sp³-hybridized carbons (Fsp3) is 0.647. The van der Waals surface area contributed by atoms with Crippen LogP contribution < -0.4 is 10.6 Å². The Morgan fingerprint density at radius 3 is 2.64 bits per heavy atom. The van der Waals surface area contributed by atoms with Gasteiger partial charge in [0.05, 0.1) is 23.6 Å². The molecule has 2 aliphatic heterocycles. The van der Waals surface area contributed by atoms with E-state index in [2.05, 4.69) is 22.1 Å². The zero-order chi connectivity index (χ0) is 17.6. The molecule has 136 valence electrons. The summed E-state index contributed by atoms with van der Waals surface area (Å²) in [5.74, 6) is -0.359. The van der Waals surface area contributed by atoms with Gasteiger partial charge >= 0.3 is 6.03 Å². The third kappa shape index (κ3) is 3.09. The number of imide groups is 1. The Balaban J connectivity index is 1.63. The topological polar surface area (TPSA) is 64.7 Å². The summed E-state index contributed by atoms with van der Waals surface area (Å²) in [4.78, 5) is 29.4. The van der Waals surface area contributed by atoms with Crippen molar-refractivity contribution in [2.75, 3.05) is 14.1 Å². The number of rotatable bonds is 3. The molecule has 3 heterocycles. The zero-order valence-corrected chi connectivity index (χ0v) is 16.1. The Bertz CT molecular complexity index is 647. The molecule has 25 heavy (non-hydrogen) atoms. The third-order valence-electron chi connectivity index (χ3n) is 5.43. The summed E-state index contributed by atoms with van der Waals surface area (Å²) in [6.45, 7) is 0. The minimum absolute atomic E-state index is 0.00644. The first-order valence-corrected chi connectivity index (χ1v) is 10.6. The van der Waals surface area contributed by atoms with E-state index in [1.807, 2.05) is 17.8 Å². The lowest BCUT2D eigenvalue weighted by molar-refractivity contribution is -0.140. The largest absolute Gasteiger partial charge is 0.327 e. The number of hydrogen-bond acceptors (Lipinski definition) is 6. The van der Waals surface area contributed by atoms with E-state index in [1.165, 1.54) is 35.5 Å². The van der Waals surface area contributed by atoms with Crippen molar-refractivity contribution >= 4 is 35.0 Å². The molecule has 4 rings (SSSR count). The van der Waals surface area contributed by atoms with Crippen LogP contribution in [-0.4, -0.2) is 52.6 Å². The summed E-state index contributed by atoms with van der Waals surface area (Å²) < 4.78 is 0. The molecule has 1 aromatic rings. The number of fused-ring (bicyclic) bond motifs is 1. The highest BCUT2D eigenvalue weighted by Gasteiger charge is 2.51. The van der Waals surface area contributed by atoms with Crippen molar-refractivity contribution in [2.45, 2.75) is 48.6 Å². The summed E-state index contributed by atoms with van der Waals surface area (Å²) in [6, 6.07) is 3.88. The summed E-state index contributed by atoms with van der Waals surface area (Å²) >= 11 is 3.58. The first-order valence-electron chi connectivity index (χ1n) is 8.81. The standard InChI is InChI=1S/C17H24N4O2S2/c1-20-14-12(16(22)21(2)17(20)23)15(25-10-6-3-4-7-10)19-13(18-14)11-8-5-9-24-11/h5,8-10,12-15,18-19H,3-4,6-7H2,1-2H3. The average Bonchev–Trinajstić information content (AvgIpc) is 3.31. The molecule has 2 N–H and O–H groups in total. The molecule has 4 atom stereocenters. The Labute approximate surface area is 156 Å². The number of amides is 3. The van der Waals surface area contributed by atoms with Gasteiger partial charge in [0, 0.05) is 24.2 Å². The maximum Gasteiger partial charge on any atom is 0.327 e. The molecule has 8 heteroatoms. The van der Waals surface area contributed by atoms with Crippen molar-refractivity contribution in [3.05, 3.63) is 22.4 Å². The van der Waals surface area contributed by atoms with E-state index < -0.39 is 0 Å². The molecular formula is C17H24N4O2S2. The van der Waals surface area contributed by atoms with Crippen molar-refractivity contribution in [1.82, 2.24) is 20.4 Å². The molecule has 4 unspecified atom stereocenters. The first-order chi connectivity index (χ1) is 12.1. The van der Waals surface area contributed by atoms with Crippen LogP contribution in [0.3, 0.4) is 0 Å². The van der Waals surface area contributed by atoms with Crippen molar-refractivity contribution in [3.63, 3.8) is 0 Å². The summed E-state index contributed by atoms with van der Waals surface area (Å²) in [6.07, 6.45) is 4.68. The van der Waals surface area contributed by atoms with Gasteiger partial charge in [-0.1, -0.05) is 18.9 Å². The van der Waals surface area contributed by atoms with Crippen molar-refractivity contribution in [1.29, 1.82) is 0 Å². The Morgan fingerprint density at radius 1 is 1.20 bits per heavy atom. The van der Waals surface area contributed by atoms with Gasteiger partial charge in [0.15, 0.2) is 0 Å². The molecule has 3 amide bonds. The average molecular weight is 381 g/mol. The molecule has 2 saturated heterocycles. The number of thiophene rings is 1. The van der Waals surface area contributed by atoms with Gasteiger partial charge in [-0.15, -0.1) is 23.1 Å². The number of thioether (sulfide) groups is 1. The molecule has 1 aliphatic carbocycles. The molecule has 0 aromatic carbocycles. The maximum atomic E-state index is 12.9. The normalized spacial score (nSPS) is 33.8. The second-order valence-electron chi connectivity index (χ2n) is 7.01. The molecule has 0 radical (unpaired) electrons. The van der Waals surface area contributed by atoms with Gasteiger partial charge in [0.2, 0.25) is 5.91 Å². The van der Waals surface area contributed by atoms with Crippen LogP contribution >= 0.6 is 23.1 Å². The van der Waals surface area contributed by atoms with Gasteiger partial charge in [-0.05, 0) is 24.3 Å². The van der Waals surface area contributed by atoms with Crippen LogP contribution in [0.25, 0.3) is 0 Å². The lowest BCUT2D eigenvalue weighted by Crippen LogP contribution is -2.72. The smallest absolute Gasteiger partial charge is 0.311 e. The molecule has 3 fully saturated rings. The van der Waals surface area contributed by atoms with Gasteiger partial charge in [0.25, 0.3) is 0 Å². The minimum Gasteiger partial charge on any atom is -0.311 e. The van der Waals surface area contributed by atoms with Gasteiger partial charge in [-0.2, -0.15) is 0 Å². The number of urea groups is 1. The molecule has 1 saturated carbocycles. The zero-order valence-electron chi connectivity index (χ0n) is 14.5. The molecular weight excluding hydrogens is 356 g/mol. The van der Waals surface area contributed by atoms with Crippen LogP contribution in [0.4, 0.5) is 4.79 Å². The second kappa shape index (κ2) is 6.90. The summed E-state index contributed by atoms with van der Waals surface area (Å²) in [7, 11) is 3.37. The number of carbonyl (C=O) groups is 2. The fourth-order valence-electron chi connectivity index (χ4n) is 4.02. The predicted octanol–water partition coefficient (Wildman–Crippen LogP) is 2.41. The van der Waals surface area contributed by atoms with Gasteiger partial charge in [-0.3, -0.25) is 20.3 Å². The Morgan fingerprint density at radius 2 is 1.96 bits per heavy atom. The number of carbonyl (C=O) groups excluding carboxylic acids is 2. The number of hydrogen-bond donors (Lipinski definition) is 2. The van der Waals surface area contributed by atoms with Gasteiger partial charge in [-0.25, -0.2) is 4.79 Å². The van der Waals surface area contributed by atoms with Crippen molar-refractivity contribution < 1.29 is 9.59 Å². The SMILES string of the molecule is CN1C(=O)C2C(SC3CCCC3)NC(c3cccs3)NC2N(C)C1=O. The molecule has 6 nitrogen and oxygen atoms in total. The third-order valence-corrected chi connectivity index (χ3v) is 7.94. The van der Waals surface area contributed by atoms with Crippen LogP contribution in [0.1, 0.15) is 36.7 Å². The van der Waals surface area contributed by atoms with Crippen molar-refractivity contribution in [2.24, 2.45) is 5.92 Å². The van der Waals surface area contributed by atoms with Crippen LogP contribution in [0.15, 0.2) is 17.5 Å². The van der Waals surface area contributed by atoms with Crippen LogP contribution in [-0.2, 0) is 4.79 Å². The highest BCUT2D eigenvalue weighted by atomic mass is 32.2. The summed E-state index contributed by atoms with van der Waals surface area (Å²) in [5.41, 5.74) is 0. The van der Waals surface area contributed by atoms with E-state index in [0.29, 0.717) is 5.25 Å². The molecule has 1 aromatic heterocycles. The molecule has 0 spiro atoms. The van der Waals surface area contributed by atoms with Crippen LogP contribution in [0.2, 0.25) is 0 Å². The lowest BCUT2D eigenvalue weighted by Gasteiger charge is -2.50. The van der Waals surface area contributed by atoms with E-state index in [9.17, 15) is 9.59 Å². The van der Waals surface area contributed by atoms with Crippen LogP contribution in [0, 0.1) is 5.92 Å². The van der Waals surface area contributed by atoms with Gasteiger partial charge < -0.3 is 4.90 Å². The summed E-state index contributed by atoms with van der Waals surface area (Å²) in [5, 5.41) is 9.79. The van der Waals surface area contributed by atoms with E-state index in [4.69, 9.17) is 0 Å². The van der Waals surface area contributed by atoms with E-state index >= 15 is 0 Å². The van der Waals surface area contributed by atoms with E-state index in [0.717, 1.165) is 0 Å². The minimum atomic E-state index is -0.275. The second-order valence-corrected chi connectivity index (χ2v) is 9.43. The van der Waals surface area contributed by atoms with Crippen molar-refractivity contribution in [3.8, 4) is 0 Å². The monoisotopic (exact) mass is 380 g/mol. The molecule has 3 aliphatic rings. The Kier molecular flexibility index (Phi) is 4.79. The molecule has 0 bridgehead atoms. The van der Waals surface area contributed by atoms with Gasteiger partial charge in [0.1, 0.15) is 0 Å². The highest BCUT2D eigenvalue weighted by Crippen LogP contribution is 2.40. The highest BCUT2D eigenvalue weighted by molar-refractivity contribution is 8.00. The quantitative estimate of drug-likeness (QED) is 0.843. The predicted molar refractivity (Wildman–Crippen MR) is 100 cm³/mol. The lowest BCUT2D eigenvalue weighted by atomic mass is 9.97. The fourth-order valence-corrected chi connectivity index (χ4v) is 6.44. The maximum absolute atomic E-state index is 12.9. The first kappa shape index (κ1) is 17.3. The van der Waals surface area contributed by atoms with E-state index in [1.54, 1.807) is 30.3 Å². The number of nitrogens with zero attached hydrogens (tertiary/aromatic N) is 2.